The first-order chi connectivity index (χ1) is 13.5. The standard InChI is InChI=1S/C20H24O8/c1-22-14-7-12(8-15(23-2)18(14)26-5)11-28-20(21)13-9-16(24-3)19(27-6)17(10-13)25-4/h7-10H,11H2,1-6H3. The van der Waals surface area contributed by atoms with Gasteiger partial charge in [-0.25, -0.2) is 4.79 Å². The van der Waals surface area contributed by atoms with E-state index in [1.807, 2.05) is 0 Å². The van der Waals surface area contributed by atoms with Crippen molar-refractivity contribution in [2.75, 3.05) is 42.7 Å². The summed E-state index contributed by atoms with van der Waals surface area (Å²) in [7, 11) is 8.99. The molecule has 8 nitrogen and oxygen atoms in total. The van der Waals surface area contributed by atoms with Crippen LogP contribution < -0.4 is 28.4 Å². The number of carbonyl (C=O) groups is 1. The van der Waals surface area contributed by atoms with Crippen molar-refractivity contribution in [3.63, 3.8) is 0 Å². The maximum atomic E-state index is 12.5. The molecule has 2 aromatic rings. The lowest BCUT2D eigenvalue weighted by Gasteiger charge is -2.15. The number of hydrogen-bond donors (Lipinski definition) is 0. The number of ether oxygens (including phenoxy) is 7. The third-order valence-corrected chi connectivity index (χ3v) is 3.99. The second-order valence-corrected chi connectivity index (χ2v) is 5.52. The van der Waals surface area contributed by atoms with Crippen LogP contribution in [-0.4, -0.2) is 48.6 Å². The van der Waals surface area contributed by atoms with Crippen LogP contribution in [0.5, 0.6) is 34.5 Å². The van der Waals surface area contributed by atoms with Crippen molar-refractivity contribution in [2.45, 2.75) is 6.61 Å². The smallest absolute Gasteiger partial charge is 0.338 e. The average Bonchev–Trinajstić information content (AvgIpc) is 2.75. The van der Waals surface area contributed by atoms with Crippen molar-refractivity contribution in [1.82, 2.24) is 0 Å². The van der Waals surface area contributed by atoms with Crippen molar-refractivity contribution in [2.24, 2.45) is 0 Å². The van der Waals surface area contributed by atoms with Gasteiger partial charge in [-0.15, -0.1) is 0 Å². The van der Waals surface area contributed by atoms with Gasteiger partial charge in [0.15, 0.2) is 23.0 Å². The molecule has 0 N–H and O–H groups in total. The molecule has 152 valence electrons. The lowest BCUT2D eigenvalue weighted by molar-refractivity contribution is 0.0471. The normalized spacial score (nSPS) is 10.1. The summed E-state index contributed by atoms with van der Waals surface area (Å²) in [5, 5.41) is 0. The molecule has 2 rings (SSSR count). The molecule has 0 radical (unpaired) electrons. The molecule has 2 aromatic carbocycles. The Kier molecular flexibility index (Phi) is 7.20. The Balaban J connectivity index is 2.25. The second kappa shape index (κ2) is 9.59. The minimum atomic E-state index is -0.548. The number of hydrogen-bond acceptors (Lipinski definition) is 8. The lowest BCUT2D eigenvalue weighted by atomic mass is 10.1. The minimum Gasteiger partial charge on any atom is -0.493 e. The van der Waals surface area contributed by atoms with E-state index >= 15 is 0 Å². The molecular weight excluding hydrogens is 368 g/mol. The fourth-order valence-electron chi connectivity index (χ4n) is 2.65. The molecule has 0 amide bonds. The largest absolute Gasteiger partial charge is 0.493 e. The predicted molar refractivity (Wildman–Crippen MR) is 101 cm³/mol. The van der Waals surface area contributed by atoms with E-state index in [1.54, 1.807) is 12.1 Å². The van der Waals surface area contributed by atoms with E-state index in [0.717, 1.165) is 0 Å². The second-order valence-electron chi connectivity index (χ2n) is 5.52. The van der Waals surface area contributed by atoms with E-state index in [2.05, 4.69) is 0 Å². The Morgan fingerprint density at radius 3 is 1.39 bits per heavy atom. The monoisotopic (exact) mass is 392 g/mol. The van der Waals surface area contributed by atoms with Gasteiger partial charge in [0, 0.05) is 0 Å². The fourth-order valence-corrected chi connectivity index (χ4v) is 2.65. The Bertz CT molecular complexity index is 781. The number of methoxy groups -OCH3 is 6. The maximum Gasteiger partial charge on any atom is 0.338 e. The van der Waals surface area contributed by atoms with Gasteiger partial charge in [-0.05, 0) is 29.8 Å². The van der Waals surface area contributed by atoms with Gasteiger partial charge in [-0.2, -0.15) is 0 Å². The summed E-state index contributed by atoms with van der Waals surface area (Å²) in [5.41, 5.74) is 0.942. The zero-order valence-electron chi connectivity index (χ0n) is 16.8. The third-order valence-electron chi connectivity index (χ3n) is 3.99. The van der Waals surface area contributed by atoms with E-state index in [9.17, 15) is 4.79 Å². The molecule has 0 atom stereocenters. The maximum absolute atomic E-state index is 12.5. The van der Waals surface area contributed by atoms with E-state index in [4.69, 9.17) is 33.2 Å². The van der Waals surface area contributed by atoms with E-state index in [0.29, 0.717) is 40.1 Å². The number of rotatable bonds is 9. The predicted octanol–water partition coefficient (Wildman–Crippen LogP) is 3.10. The van der Waals surface area contributed by atoms with Gasteiger partial charge in [-0.1, -0.05) is 0 Å². The molecule has 0 saturated heterocycles. The Morgan fingerprint density at radius 1 is 0.643 bits per heavy atom. The van der Waals surface area contributed by atoms with Gasteiger partial charge >= 0.3 is 5.97 Å². The first-order valence-corrected chi connectivity index (χ1v) is 8.28. The molecule has 0 aliphatic heterocycles. The summed E-state index contributed by atoms with van der Waals surface area (Å²) in [6, 6.07) is 6.48. The Morgan fingerprint density at radius 2 is 1.04 bits per heavy atom. The zero-order chi connectivity index (χ0) is 20.7. The van der Waals surface area contributed by atoms with Gasteiger partial charge in [-0.3, -0.25) is 0 Å². The summed E-state index contributed by atoms with van der Waals surface area (Å²) in [6.45, 7) is 0.00616. The van der Waals surface area contributed by atoms with Crippen LogP contribution in [0.3, 0.4) is 0 Å². The number of benzene rings is 2. The van der Waals surface area contributed by atoms with Crippen LogP contribution in [0, 0.1) is 0 Å². The van der Waals surface area contributed by atoms with Crippen LogP contribution >= 0.6 is 0 Å². The number of carbonyl (C=O) groups excluding carboxylic acids is 1. The van der Waals surface area contributed by atoms with E-state index < -0.39 is 5.97 Å². The Labute approximate surface area is 163 Å². The van der Waals surface area contributed by atoms with Crippen molar-refractivity contribution in [3.8, 4) is 34.5 Å². The highest BCUT2D eigenvalue weighted by molar-refractivity contribution is 5.91. The van der Waals surface area contributed by atoms with Gasteiger partial charge in [0.1, 0.15) is 6.61 Å². The first kappa shape index (κ1) is 21.0. The minimum absolute atomic E-state index is 0.00616. The van der Waals surface area contributed by atoms with Crippen LogP contribution in [0.25, 0.3) is 0 Å². The van der Waals surface area contributed by atoms with Crippen LogP contribution in [0.1, 0.15) is 15.9 Å². The van der Waals surface area contributed by atoms with Crippen molar-refractivity contribution in [3.05, 3.63) is 35.4 Å². The first-order valence-electron chi connectivity index (χ1n) is 8.28. The van der Waals surface area contributed by atoms with Crippen LogP contribution in [-0.2, 0) is 11.3 Å². The highest BCUT2D eigenvalue weighted by Gasteiger charge is 2.19. The van der Waals surface area contributed by atoms with Crippen molar-refractivity contribution in [1.29, 1.82) is 0 Å². The molecule has 8 heteroatoms. The fraction of sp³-hybridized carbons (Fsp3) is 0.350. The average molecular weight is 392 g/mol. The van der Waals surface area contributed by atoms with Crippen LogP contribution in [0.4, 0.5) is 0 Å². The molecule has 0 aliphatic carbocycles. The molecule has 0 aromatic heterocycles. The molecule has 0 fully saturated rings. The number of esters is 1. The summed E-state index contributed by atoms with van der Waals surface area (Å²) in [4.78, 5) is 12.5. The summed E-state index contributed by atoms with van der Waals surface area (Å²) in [6.07, 6.45) is 0. The lowest BCUT2D eigenvalue weighted by Crippen LogP contribution is -2.07. The summed E-state index contributed by atoms with van der Waals surface area (Å²) in [5.74, 6) is 1.98. The summed E-state index contributed by atoms with van der Waals surface area (Å²) >= 11 is 0. The van der Waals surface area contributed by atoms with Crippen molar-refractivity contribution < 1.29 is 38.0 Å². The van der Waals surface area contributed by atoms with Gasteiger partial charge in [0.2, 0.25) is 11.5 Å². The molecule has 28 heavy (non-hydrogen) atoms. The van der Waals surface area contributed by atoms with Gasteiger partial charge in [0.25, 0.3) is 0 Å². The highest BCUT2D eigenvalue weighted by atomic mass is 16.5. The molecule has 0 saturated carbocycles. The van der Waals surface area contributed by atoms with Gasteiger partial charge in [0.05, 0.1) is 48.2 Å². The highest BCUT2D eigenvalue weighted by Crippen LogP contribution is 2.39. The zero-order valence-corrected chi connectivity index (χ0v) is 16.8. The molecule has 0 spiro atoms. The van der Waals surface area contributed by atoms with Crippen LogP contribution in [0.2, 0.25) is 0 Å². The van der Waals surface area contributed by atoms with E-state index in [-0.39, 0.29) is 12.2 Å². The van der Waals surface area contributed by atoms with Gasteiger partial charge < -0.3 is 33.2 Å². The van der Waals surface area contributed by atoms with Crippen molar-refractivity contribution >= 4 is 5.97 Å². The quantitative estimate of drug-likeness (QED) is 0.602. The SMILES string of the molecule is COc1cc(COC(=O)c2cc(OC)c(OC)c(OC)c2)cc(OC)c1OC. The third kappa shape index (κ3) is 4.33. The molecule has 0 bridgehead atoms. The van der Waals surface area contributed by atoms with E-state index in [1.165, 1.54) is 54.8 Å². The molecular formula is C20H24O8. The van der Waals surface area contributed by atoms with Crippen LogP contribution in [0.15, 0.2) is 24.3 Å². The summed E-state index contributed by atoms with van der Waals surface area (Å²) < 4.78 is 37.1. The Hall–Kier alpha value is -3.29. The molecule has 0 aliphatic rings. The topological polar surface area (TPSA) is 81.7 Å². The molecule has 0 unspecified atom stereocenters. The molecule has 0 heterocycles.